The van der Waals surface area contributed by atoms with Crippen LogP contribution in [-0.4, -0.2) is 0 Å². The van der Waals surface area contributed by atoms with Crippen molar-refractivity contribution in [3.05, 3.63) is 41.0 Å². The van der Waals surface area contributed by atoms with Gasteiger partial charge in [-0.15, -0.1) is 0 Å². The molecule has 6 unspecified atom stereocenters. The smallest absolute Gasteiger partial charge is 0.0127 e. The number of benzene rings is 1. The third kappa shape index (κ3) is 2.10. The Labute approximate surface area is 142 Å². The molecule has 4 rings (SSSR count). The average molecular weight is 309 g/mol. The van der Waals surface area contributed by atoms with Gasteiger partial charge in [-0.25, -0.2) is 0 Å². The highest BCUT2D eigenvalue weighted by Crippen LogP contribution is 2.64. The maximum Gasteiger partial charge on any atom is -0.0127 e. The van der Waals surface area contributed by atoms with Gasteiger partial charge < -0.3 is 0 Å². The van der Waals surface area contributed by atoms with Crippen LogP contribution in [0.15, 0.2) is 18.7 Å². The molecule has 2 fully saturated rings. The standard InChI is InChI=1S/C23H32/c1-6-17-13-21-18(11-15(17)3)7-8-20-19(21)9-10-23(5)16(4)14(2)12-22(20)23/h6,11,13-14,16,19-20,22H,1,7-10,12H2,2-5H3. The van der Waals surface area contributed by atoms with E-state index < -0.39 is 0 Å². The molecule has 0 spiro atoms. The molecular weight excluding hydrogens is 276 g/mol. The van der Waals surface area contributed by atoms with E-state index >= 15 is 0 Å². The van der Waals surface area contributed by atoms with Crippen molar-refractivity contribution in [3.8, 4) is 0 Å². The van der Waals surface area contributed by atoms with Gasteiger partial charge in [-0.05, 0) is 96.3 Å². The topological polar surface area (TPSA) is 0 Å². The monoisotopic (exact) mass is 308 g/mol. The minimum atomic E-state index is 0.601. The lowest BCUT2D eigenvalue weighted by atomic mass is 9.54. The molecule has 0 aromatic heterocycles. The highest BCUT2D eigenvalue weighted by molar-refractivity contribution is 5.56. The molecule has 0 radical (unpaired) electrons. The third-order valence-corrected chi connectivity index (χ3v) is 8.29. The first-order valence-electron chi connectivity index (χ1n) is 9.71. The summed E-state index contributed by atoms with van der Waals surface area (Å²) < 4.78 is 0. The summed E-state index contributed by atoms with van der Waals surface area (Å²) in [6, 6.07) is 4.94. The van der Waals surface area contributed by atoms with Crippen LogP contribution in [-0.2, 0) is 6.42 Å². The lowest BCUT2D eigenvalue weighted by Crippen LogP contribution is -2.41. The summed E-state index contributed by atoms with van der Waals surface area (Å²) in [6.45, 7) is 13.9. The quantitative estimate of drug-likeness (QED) is 0.565. The van der Waals surface area contributed by atoms with E-state index in [2.05, 4.69) is 46.4 Å². The van der Waals surface area contributed by atoms with Crippen LogP contribution in [0, 0.1) is 36.0 Å². The molecule has 3 aliphatic carbocycles. The van der Waals surface area contributed by atoms with Crippen molar-refractivity contribution in [1.29, 1.82) is 0 Å². The van der Waals surface area contributed by atoms with Crippen LogP contribution in [0.5, 0.6) is 0 Å². The molecule has 124 valence electrons. The van der Waals surface area contributed by atoms with Crippen molar-refractivity contribution in [1.82, 2.24) is 0 Å². The highest BCUT2D eigenvalue weighted by atomic mass is 14.6. The highest BCUT2D eigenvalue weighted by Gasteiger charge is 2.55. The molecule has 0 N–H and O–H groups in total. The molecule has 0 heteroatoms. The van der Waals surface area contributed by atoms with Gasteiger partial charge in [0.1, 0.15) is 0 Å². The summed E-state index contributed by atoms with van der Waals surface area (Å²) in [5.74, 6) is 4.50. The van der Waals surface area contributed by atoms with Gasteiger partial charge in [0.05, 0.1) is 0 Å². The van der Waals surface area contributed by atoms with Crippen molar-refractivity contribution < 1.29 is 0 Å². The van der Waals surface area contributed by atoms with Gasteiger partial charge in [0.25, 0.3) is 0 Å². The molecule has 3 aliphatic rings. The number of hydrogen-bond acceptors (Lipinski definition) is 0. The molecular formula is C23H32. The predicted octanol–water partition coefficient (Wildman–Crippen LogP) is 6.38. The molecule has 2 saturated carbocycles. The van der Waals surface area contributed by atoms with Crippen LogP contribution in [0.4, 0.5) is 0 Å². The van der Waals surface area contributed by atoms with E-state index in [1.54, 1.807) is 11.1 Å². The second-order valence-corrected chi connectivity index (χ2v) is 9.07. The minimum absolute atomic E-state index is 0.601. The Morgan fingerprint density at radius 1 is 1.22 bits per heavy atom. The second kappa shape index (κ2) is 5.23. The van der Waals surface area contributed by atoms with Gasteiger partial charge in [-0.2, -0.15) is 0 Å². The fourth-order valence-electron chi connectivity index (χ4n) is 6.59. The van der Waals surface area contributed by atoms with E-state index in [4.69, 9.17) is 0 Å². The Morgan fingerprint density at radius 3 is 2.74 bits per heavy atom. The molecule has 0 nitrogen and oxygen atoms in total. The van der Waals surface area contributed by atoms with Crippen molar-refractivity contribution in [3.63, 3.8) is 0 Å². The zero-order valence-corrected chi connectivity index (χ0v) is 15.4. The molecule has 0 bridgehead atoms. The first kappa shape index (κ1) is 15.5. The average Bonchev–Trinajstić information content (AvgIpc) is 2.77. The van der Waals surface area contributed by atoms with Gasteiger partial charge >= 0.3 is 0 Å². The first-order valence-corrected chi connectivity index (χ1v) is 9.71. The predicted molar refractivity (Wildman–Crippen MR) is 99.6 cm³/mol. The van der Waals surface area contributed by atoms with Crippen molar-refractivity contribution >= 4 is 6.08 Å². The molecule has 23 heavy (non-hydrogen) atoms. The van der Waals surface area contributed by atoms with Crippen LogP contribution < -0.4 is 0 Å². The first-order chi connectivity index (χ1) is 11.0. The van der Waals surface area contributed by atoms with Crippen LogP contribution >= 0.6 is 0 Å². The van der Waals surface area contributed by atoms with Gasteiger partial charge in [-0.3, -0.25) is 0 Å². The summed E-state index contributed by atoms with van der Waals surface area (Å²) in [5, 5.41) is 0. The van der Waals surface area contributed by atoms with Crippen LogP contribution in [0.3, 0.4) is 0 Å². The van der Waals surface area contributed by atoms with E-state index in [1.807, 2.05) is 6.08 Å². The molecule has 0 saturated heterocycles. The lowest BCUT2D eigenvalue weighted by molar-refractivity contribution is 0.0319. The van der Waals surface area contributed by atoms with E-state index in [-0.39, 0.29) is 0 Å². The molecule has 0 aliphatic heterocycles. The normalized spacial score (nSPS) is 41.8. The number of fused-ring (bicyclic) bond motifs is 5. The van der Waals surface area contributed by atoms with Gasteiger partial charge in [0.2, 0.25) is 0 Å². The van der Waals surface area contributed by atoms with E-state index in [0.29, 0.717) is 5.41 Å². The van der Waals surface area contributed by atoms with Crippen molar-refractivity contribution in [2.75, 3.05) is 0 Å². The van der Waals surface area contributed by atoms with Crippen LogP contribution in [0.1, 0.15) is 74.6 Å². The Hall–Kier alpha value is -1.04. The summed E-state index contributed by atoms with van der Waals surface area (Å²) in [6.07, 6.45) is 9.07. The van der Waals surface area contributed by atoms with Crippen molar-refractivity contribution in [2.24, 2.45) is 29.1 Å². The summed E-state index contributed by atoms with van der Waals surface area (Å²) >= 11 is 0. The maximum absolute atomic E-state index is 4.03. The zero-order chi connectivity index (χ0) is 16.4. The zero-order valence-electron chi connectivity index (χ0n) is 15.4. The van der Waals surface area contributed by atoms with Gasteiger partial charge in [0.15, 0.2) is 0 Å². The fraction of sp³-hybridized carbons (Fsp3) is 0.652. The fourth-order valence-corrected chi connectivity index (χ4v) is 6.59. The van der Waals surface area contributed by atoms with Gasteiger partial charge in [0, 0.05) is 0 Å². The maximum atomic E-state index is 4.03. The molecule has 6 atom stereocenters. The third-order valence-electron chi connectivity index (χ3n) is 8.29. The number of rotatable bonds is 1. The Morgan fingerprint density at radius 2 is 2.00 bits per heavy atom. The van der Waals surface area contributed by atoms with E-state index in [9.17, 15) is 0 Å². The Bertz CT molecular complexity index is 640. The van der Waals surface area contributed by atoms with Crippen LogP contribution in [0.25, 0.3) is 6.08 Å². The van der Waals surface area contributed by atoms with Gasteiger partial charge in [-0.1, -0.05) is 45.6 Å². The summed E-state index contributed by atoms with van der Waals surface area (Å²) in [7, 11) is 0. The van der Waals surface area contributed by atoms with Crippen molar-refractivity contribution in [2.45, 2.75) is 65.7 Å². The Kier molecular flexibility index (Phi) is 3.52. The number of aryl methyl sites for hydroxylation is 2. The second-order valence-electron chi connectivity index (χ2n) is 9.07. The lowest BCUT2D eigenvalue weighted by Gasteiger charge is -2.50. The largest absolute Gasteiger partial charge is 0.0985 e. The molecule has 0 amide bonds. The SMILES string of the molecule is C=Cc1cc2c(cc1C)CCC1C2CCC2(C)C(C)C(C)CC12. The molecule has 1 aromatic carbocycles. The minimum Gasteiger partial charge on any atom is -0.0985 e. The molecule has 1 aromatic rings. The van der Waals surface area contributed by atoms with E-state index in [1.165, 1.54) is 43.2 Å². The van der Waals surface area contributed by atoms with E-state index in [0.717, 1.165) is 29.6 Å². The number of hydrogen-bond donors (Lipinski definition) is 0. The Balaban J connectivity index is 1.74. The summed E-state index contributed by atoms with van der Waals surface area (Å²) in [4.78, 5) is 0. The molecule has 0 heterocycles. The summed E-state index contributed by atoms with van der Waals surface area (Å²) in [5.41, 5.74) is 6.67. The van der Waals surface area contributed by atoms with Crippen LogP contribution in [0.2, 0.25) is 0 Å².